The Kier molecular flexibility index (Phi) is 5.14. The van der Waals surface area contributed by atoms with E-state index in [2.05, 4.69) is 41.0 Å². The lowest BCUT2D eigenvalue weighted by Crippen LogP contribution is -2.30. The Morgan fingerprint density at radius 3 is 2.74 bits per heavy atom. The van der Waals surface area contributed by atoms with Crippen LogP contribution in [0.15, 0.2) is 12.4 Å². The quantitative estimate of drug-likeness (QED) is 0.855. The molecule has 0 saturated carbocycles. The lowest BCUT2D eigenvalue weighted by Gasteiger charge is -2.23. The predicted molar refractivity (Wildman–Crippen MR) is 79.2 cm³/mol. The highest BCUT2D eigenvalue weighted by Crippen LogP contribution is 2.23. The second kappa shape index (κ2) is 6.85. The molecule has 1 N–H and O–H groups in total. The first-order valence-electron chi connectivity index (χ1n) is 7.49. The van der Waals surface area contributed by atoms with Gasteiger partial charge in [-0.3, -0.25) is 0 Å². The van der Waals surface area contributed by atoms with Gasteiger partial charge in [0.25, 0.3) is 0 Å². The van der Waals surface area contributed by atoms with Crippen LogP contribution in [0.3, 0.4) is 0 Å². The molecule has 19 heavy (non-hydrogen) atoms. The van der Waals surface area contributed by atoms with Crippen LogP contribution in [0.2, 0.25) is 0 Å². The van der Waals surface area contributed by atoms with Gasteiger partial charge in [0.15, 0.2) is 0 Å². The molecule has 0 bridgehead atoms. The Morgan fingerprint density at radius 2 is 2.11 bits per heavy atom. The molecule has 4 nitrogen and oxygen atoms in total. The fraction of sp³-hybridized carbons (Fsp3) is 0.733. The molecule has 0 aromatic carbocycles. The maximum atomic E-state index is 4.53. The van der Waals surface area contributed by atoms with Gasteiger partial charge < -0.3 is 10.2 Å². The van der Waals surface area contributed by atoms with Crippen LogP contribution in [0.4, 0.5) is 5.95 Å². The first-order chi connectivity index (χ1) is 9.20. The summed E-state index contributed by atoms with van der Waals surface area (Å²) in [6.45, 7) is 9.66. The van der Waals surface area contributed by atoms with E-state index in [1.807, 2.05) is 12.4 Å². The molecule has 2 heterocycles. The van der Waals surface area contributed by atoms with Crippen molar-refractivity contribution >= 4 is 5.95 Å². The Labute approximate surface area is 116 Å². The lowest BCUT2D eigenvalue weighted by molar-refractivity contribution is 0.551. The lowest BCUT2D eigenvalue weighted by atomic mass is 10.2. The predicted octanol–water partition coefficient (Wildman–Crippen LogP) is 2.60. The highest BCUT2D eigenvalue weighted by atomic mass is 15.3. The third-order valence-corrected chi connectivity index (χ3v) is 3.68. The van der Waals surface area contributed by atoms with E-state index in [9.17, 15) is 0 Å². The van der Waals surface area contributed by atoms with E-state index in [0.717, 1.165) is 31.1 Å². The van der Waals surface area contributed by atoms with Crippen molar-refractivity contribution in [1.82, 2.24) is 15.3 Å². The zero-order valence-corrected chi connectivity index (χ0v) is 12.4. The van der Waals surface area contributed by atoms with Crippen molar-refractivity contribution in [2.45, 2.75) is 52.6 Å². The first kappa shape index (κ1) is 14.3. The van der Waals surface area contributed by atoms with Crippen LogP contribution in [0.1, 0.15) is 45.6 Å². The van der Waals surface area contributed by atoms with Gasteiger partial charge in [0, 0.05) is 37.1 Å². The van der Waals surface area contributed by atoms with Crippen LogP contribution in [-0.4, -0.2) is 29.1 Å². The van der Waals surface area contributed by atoms with Crippen LogP contribution in [-0.2, 0) is 6.54 Å². The molecule has 1 saturated heterocycles. The second-order valence-corrected chi connectivity index (χ2v) is 5.81. The van der Waals surface area contributed by atoms with Gasteiger partial charge in [0.05, 0.1) is 0 Å². The molecule has 0 amide bonds. The minimum absolute atomic E-state index is 0.630. The third-order valence-electron chi connectivity index (χ3n) is 3.68. The van der Waals surface area contributed by atoms with Gasteiger partial charge >= 0.3 is 0 Å². The SMILES string of the molecule is CCC1CCCN1c1ncc(CNCC(C)C)cn1. The molecule has 1 aromatic heterocycles. The van der Waals surface area contributed by atoms with Gasteiger partial charge in [-0.05, 0) is 31.7 Å². The Bertz CT molecular complexity index is 374. The number of rotatable bonds is 6. The Hall–Kier alpha value is -1.16. The highest BCUT2D eigenvalue weighted by Gasteiger charge is 2.24. The van der Waals surface area contributed by atoms with Gasteiger partial charge in [-0.1, -0.05) is 20.8 Å². The maximum Gasteiger partial charge on any atom is 0.225 e. The van der Waals surface area contributed by atoms with E-state index < -0.39 is 0 Å². The summed E-state index contributed by atoms with van der Waals surface area (Å²) in [4.78, 5) is 11.4. The van der Waals surface area contributed by atoms with Crippen molar-refractivity contribution in [2.75, 3.05) is 18.0 Å². The molecule has 1 aromatic rings. The molecule has 1 atom stereocenters. The minimum Gasteiger partial charge on any atom is -0.338 e. The summed E-state index contributed by atoms with van der Waals surface area (Å²) in [6, 6.07) is 0.630. The number of anilines is 1. The molecule has 1 unspecified atom stereocenters. The maximum absolute atomic E-state index is 4.53. The molecule has 0 spiro atoms. The van der Waals surface area contributed by atoms with Gasteiger partial charge in [-0.15, -0.1) is 0 Å². The number of nitrogens with one attached hydrogen (secondary N) is 1. The van der Waals surface area contributed by atoms with Crippen molar-refractivity contribution in [1.29, 1.82) is 0 Å². The zero-order valence-electron chi connectivity index (χ0n) is 12.4. The average molecular weight is 262 g/mol. The van der Waals surface area contributed by atoms with Crippen molar-refractivity contribution < 1.29 is 0 Å². The number of aromatic nitrogens is 2. The minimum atomic E-state index is 0.630. The van der Waals surface area contributed by atoms with Gasteiger partial charge in [-0.2, -0.15) is 0 Å². The summed E-state index contributed by atoms with van der Waals surface area (Å²) in [6.07, 6.45) is 7.64. The van der Waals surface area contributed by atoms with Gasteiger partial charge in [-0.25, -0.2) is 9.97 Å². The van der Waals surface area contributed by atoms with E-state index in [1.54, 1.807) is 0 Å². The number of nitrogens with zero attached hydrogens (tertiary/aromatic N) is 3. The van der Waals surface area contributed by atoms with Crippen LogP contribution >= 0.6 is 0 Å². The molecule has 1 fully saturated rings. The van der Waals surface area contributed by atoms with Crippen LogP contribution in [0.25, 0.3) is 0 Å². The van der Waals surface area contributed by atoms with Crippen molar-refractivity contribution in [2.24, 2.45) is 5.92 Å². The van der Waals surface area contributed by atoms with Gasteiger partial charge in [0.2, 0.25) is 5.95 Å². The summed E-state index contributed by atoms with van der Waals surface area (Å²) in [7, 11) is 0. The van der Waals surface area contributed by atoms with Crippen LogP contribution in [0.5, 0.6) is 0 Å². The zero-order chi connectivity index (χ0) is 13.7. The fourth-order valence-electron chi connectivity index (χ4n) is 2.62. The molecule has 1 aliphatic rings. The van der Waals surface area contributed by atoms with E-state index in [1.165, 1.54) is 19.3 Å². The molecular formula is C15H26N4. The summed E-state index contributed by atoms with van der Waals surface area (Å²) in [5.41, 5.74) is 1.16. The molecule has 1 aliphatic heterocycles. The molecule has 106 valence electrons. The summed E-state index contributed by atoms with van der Waals surface area (Å²) < 4.78 is 0. The van der Waals surface area contributed by atoms with E-state index >= 15 is 0 Å². The normalized spacial score (nSPS) is 19.4. The van der Waals surface area contributed by atoms with Gasteiger partial charge in [0.1, 0.15) is 0 Å². The summed E-state index contributed by atoms with van der Waals surface area (Å²) in [5, 5.41) is 3.42. The molecular weight excluding hydrogens is 236 g/mol. The van der Waals surface area contributed by atoms with Crippen LogP contribution in [0, 0.1) is 5.92 Å². The van der Waals surface area contributed by atoms with Crippen LogP contribution < -0.4 is 10.2 Å². The Balaban J connectivity index is 1.91. The summed E-state index contributed by atoms with van der Waals surface area (Å²) >= 11 is 0. The largest absolute Gasteiger partial charge is 0.338 e. The molecule has 4 heteroatoms. The Morgan fingerprint density at radius 1 is 1.37 bits per heavy atom. The third kappa shape index (κ3) is 3.90. The van der Waals surface area contributed by atoms with Crippen molar-refractivity contribution in [3.8, 4) is 0 Å². The molecule has 0 radical (unpaired) electrons. The van der Waals surface area contributed by atoms with Crippen molar-refractivity contribution in [3.05, 3.63) is 18.0 Å². The smallest absolute Gasteiger partial charge is 0.225 e. The highest BCUT2D eigenvalue weighted by molar-refractivity contribution is 5.33. The van der Waals surface area contributed by atoms with E-state index in [0.29, 0.717) is 12.0 Å². The number of hydrogen-bond acceptors (Lipinski definition) is 4. The second-order valence-electron chi connectivity index (χ2n) is 5.81. The average Bonchev–Trinajstić information content (AvgIpc) is 2.87. The monoisotopic (exact) mass is 262 g/mol. The first-order valence-corrected chi connectivity index (χ1v) is 7.49. The molecule has 0 aliphatic carbocycles. The standard InChI is InChI=1S/C15H26N4/c1-4-14-6-5-7-19(14)15-17-10-13(11-18-15)9-16-8-12(2)3/h10-12,14,16H,4-9H2,1-3H3. The topological polar surface area (TPSA) is 41.1 Å². The summed E-state index contributed by atoms with van der Waals surface area (Å²) in [5.74, 6) is 1.58. The van der Waals surface area contributed by atoms with E-state index in [-0.39, 0.29) is 0 Å². The van der Waals surface area contributed by atoms with Crippen molar-refractivity contribution in [3.63, 3.8) is 0 Å². The van der Waals surface area contributed by atoms with E-state index in [4.69, 9.17) is 0 Å². The fourth-order valence-corrected chi connectivity index (χ4v) is 2.62. The number of hydrogen-bond donors (Lipinski definition) is 1. The molecule has 2 rings (SSSR count).